The molecule has 2 aromatic carbocycles. The van der Waals surface area contributed by atoms with Crippen molar-refractivity contribution in [1.29, 1.82) is 0 Å². The highest BCUT2D eigenvalue weighted by molar-refractivity contribution is 14.1. The van der Waals surface area contributed by atoms with Crippen LogP contribution >= 0.6 is 22.6 Å². The summed E-state index contributed by atoms with van der Waals surface area (Å²) in [5.41, 5.74) is 1.40. The Balaban J connectivity index is 1.27. The van der Waals surface area contributed by atoms with E-state index < -0.39 is 23.3 Å². The zero-order chi connectivity index (χ0) is 37.9. The molecule has 1 aliphatic heterocycles. The molecule has 2 aliphatic carbocycles. The van der Waals surface area contributed by atoms with Crippen LogP contribution in [0.4, 0.5) is 0 Å². The summed E-state index contributed by atoms with van der Waals surface area (Å²) in [7, 11) is 7.41. The standard InChI is InChI=1S/C37H34IN5O10/c1-40-26-17-29(51-3)28(50-2)16-24(26)39-23(35(40)47)9-10-41-36(48)42-11-8-19-20(7-6-18-12-30(52-4)34(46)31(13-18)53-5)32-21(14-25(19)43(42)37(41)49)27(44)15-22(38)33(32)45/h6-8,12-13,15-17,20,25,46H,9-11,14H2,1-5H3/t20-,25+/m0/s1. The van der Waals surface area contributed by atoms with Gasteiger partial charge in [0.15, 0.2) is 34.6 Å². The van der Waals surface area contributed by atoms with Crippen LogP contribution in [0.25, 0.3) is 17.1 Å². The first-order chi connectivity index (χ1) is 25.4. The molecule has 7 rings (SSSR count). The number of methoxy groups -OCH3 is 4. The molecule has 0 saturated heterocycles. The molecule has 16 heteroatoms. The van der Waals surface area contributed by atoms with E-state index in [1.807, 2.05) is 28.7 Å². The summed E-state index contributed by atoms with van der Waals surface area (Å²) in [6.07, 6.45) is 6.61. The normalized spacial score (nSPS) is 18.1. The number of carbonyl (C=O) groups is 2. The number of ketones is 2. The van der Waals surface area contributed by atoms with Crippen molar-refractivity contribution < 1.29 is 33.6 Å². The van der Waals surface area contributed by atoms with Gasteiger partial charge in [0, 0.05) is 61.7 Å². The van der Waals surface area contributed by atoms with Gasteiger partial charge in [0.2, 0.25) is 5.75 Å². The molecule has 2 aromatic heterocycles. The van der Waals surface area contributed by atoms with Gasteiger partial charge >= 0.3 is 11.4 Å². The average Bonchev–Trinajstić information content (AvgIpc) is 3.41. The van der Waals surface area contributed by atoms with E-state index in [1.165, 1.54) is 48.4 Å². The number of allylic oxidation sites excluding steroid dienone is 7. The largest absolute Gasteiger partial charge is 0.502 e. The number of halogens is 1. The number of phenolic OH excluding ortho intramolecular Hbond substituents is 1. The number of hydrogen-bond donors (Lipinski definition) is 1. The zero-order valence-electron chi connectivity index (χ0n) is 29.3. The third kappa shape index (κ3) is 5.80. The molecule has 15 nitrogen and oxygen atoms in total. The third-order valence-corrected chi connectivity index (χ3v) is 10.7. The molecule has 3 aliphatic rings. The molecule has 1 N–H and O–H groups in total. The van der Waals surface area contributed by atoms with Crippen LogP contribution < -0.4 is 35.9 Å². The number of aromatic nitrogens is 5. The molecule has 0 saturated carbocycles. The summed E-state index contributed by atoms with van der Waals surface area (Å²) >= 11 is 1.86. The summed E-state index contributed by atoms with van der Waals surface area (Å²) in [4.78, 5) is 72.9. The highest BCUT2D eigenvalue weighted by Gasteiger charge is 2.43. The maximum atomic E-state index is 14.1. The molecule has 0 bridgehead atoms. The number of hydrogen-bond acceptors (Lipinski definition) is 11. The van der Waals surface area contributed by atoms with Gasteiger partial charge in [-0.1, -0.05) is 18.2 Å². The van der Waals surface area contributed by atoms with Gasteiger partial charge in [-0.2, -0.15) is 0 Å². The van der Waals surface area contributed by atoms with Crippen LogP contribution in [0.2, 0.25) is 0 Å². The summed E-state index contributed by atoms with van der Waals surface area (Å²) in [6.45, 7) is -0.0959. The predicted octanol–water partition coefficient (Wildman–Crippen LogP) is 3.02. The maximum absolute atomic E-state index is 14.1. The Hall–Kier alpha value is -5.65. The number of Topliss-reactive ketones (excluding diaryl/α,β-unsaturated/α-hetero) is 1. The topological polar surface area (TPSA) is 175 Å². The van der Waals surface area contributed by atoms with Crippen LogP contribution in [0.1, 0.15) is 23.7 Å². The van der Waals surface area contributed by atoms with E-state index in [0.717, 1.165) is 4.57 Å². The van der Waals surface area contributed by atoms with Crippen molar-refractivity contribution in [2.45, 2.75) is 32.0 Å². The summed E-state index contributed by atoms with van der Waals surface area (Å²) < 4.78 is 26.8. The molecule has 4 aromatic rings. The van der Waals surface area contributed by atoms with Crippen LogP contribution in [-0.2, 0) is 36.1 Å². The van der Waals surface area contributed by atoms with E-state index >= 15 is 0 Å². The Kier molecular flexibility index (Phi) is 9.25. The second-order valence-corrected chi connectivity index (χ2v) is 13.8. The van der Waals surface area contributed by atoms with Crippen LogP contribution in [0, 0.1) is 5.92 Å². The van der Waals surface area contributed by atoms with Crippen molar-refractivity contribution in [3.8, 4) is 28.7 Å². The number of rotatable bonds is 9. The number of fused-ring (bicyclic) bond motifs is 4. The number of carbonyl (C=O) groups excluding carboxylic acids is 2. The van der Waals surface area contributed by atoms with Crippen molar-refractivity contribution >= 4 is 51.3 Å². The predicted molar refractivity (Wildman–Crippen MR) is 201 cm³/mol. The molecular formula is C37H34IN5O10. The second-order valence-electron chi connectivity index (χ2n) is 12.6. The lowest BCUT2D eigenvalue weighted by molar-refractivity contribution is -0.115. The molecule has 0 fully saturated rings. The number of aryl methyl sites for hydroxylation is 2. The number of nitrogens with zero attached hydrogens (tertiary/aromatic N) is 5. The Bertz CT molecular complexity index is 2540. The van der Waals surface area contributed by atoms with Gasteiger partial charge in [-0.25, -0.2) is 28.5 Å². The fraction of sp³-hybridized carbons (Fsp3) is 0.297. The molecule has 0 spiro atoms. The van der Waals surface area contributed by atoms with Crippen LogP contribution in [0.5, 0.6) is 28.7 Å². The second kappa shape index (κ2) is 13.7. The van der Waals surface area contributed by atoms with Gasteiger partial charge in [0.25, 0.3) is 5.56 Å². The molecule has 2 atom stereocenters. The average molecular weight is 836 g/mol. The van der Waals surface area contributed by atoms with E-state index in [4.69, 9.17) is 18.9 Å². The quantitative estimate of drug-likeness (QED) is 0.149. The van der Waals surface area contributed by atoms with Gasteiger partial charge < -0.3 is 28.6 Å². The molecule has 3 heterocycles. The van der Waals surface area contributed by atoms with Gasteiger partial charge in [0.1, 0.15) is 5.69 Å². The molecule has 53 heavy (non-hydrogen) atoms. The Morgan fingerprint density at radius 3 is 2.25 bits per heavy atom. The molecule has 0 amide bonds. The van der Waals surface area contributed by atoms with Crippen molar-refractivity contribution in [1.82, 2.24) is 23.5 Å². The first-order valence-corrected chi connectivity index (χ1v) is 17.6. The van der Waals surface area contributed by atoms with Crippen LogP contribution in [-0.4, -0.2) is 68.6 Å². The molecular weight excluding hydrogens is 801 g/mol. The molecule has 0 radical (unpaired) electrons. The van der Waals surface area contributed by atoms with E-state index in [0.29, 0.717) is 39.2 Å². The lowest BCUT2D eigenvalue weighted by atomic mass is 9.71. The minimum absolute atomic E-state index is 0.0164. The summed E-state index contributed by atoms with van der Waals surface area (Å²) in [5.74, 6) is -0.293. The summed E-state index contributed by atoms with van der Waals surface area (Å²) in [5, 5.41) is 10.4. The van der Waals surface area contributed by atoms with Crippen LogP contribution in [0.3, 0.4) is 0 Å². The smallest absolute Gasteiger partial charge is 0.347 e. The van der Waals surface area contributed by atoms with Gasteiger partial charge in [-0.05, 0) is 45.9 Å². The minimum Gasteiger partial charge on any atom is -0.502 e. The summed E-state index contributed by atoms with van der Waals surface area (Å²) in [6, 6.07) is 5.76. The highest BCUT2D eigenvalue weighted by Crippen LogP contribution is 2.47. The third-order valence-electron chi connectivity index (χ3n) is 9.93. The molecule has 274 valence electrons. The van der Waals surface area contributed by atoms with E-state index in [9.17, 15) is 29.1 Å². The fourth-order valence-corrected chi connectivity index (χ4v) is 7.86. The number of phenols is 1. The van der Waals surface area contributed by atoms with Gasteiger partial charge in [0.05, 0.1) is 55.6 Å². The lowest BCUT2D eigenvalue weighted by Gasteiger charge is -2.38. The fourth-order valence-electron chi connectivity index (χ4n) is 7.29. The monoisotopic (exact) mass is 835 g/mol. The Morgan fingerprint density at radius 2 is 1.58 bits per heavy atom. The van der Waals surface area contributed by atoms with E-state index in [2.05, 4.69) is 4.98 Å². The zero-order valence-corrected chi connectivity index (χ0v) is 31.5. The molecule has 0 unspecified atom stereocenters. The van der Waals surface area contributed by atoms with Gasteiger partial charge in [-0.3, -0.25) is 14.4 Å². The lowest BCUT2D eigenvalue weighted by Crippen LogP contribution is -2.41. The maximum Gasteiger partial charge on any atom is 0.347 e. The Labute approximate surface area is 314 Å². The highest BCUT2D eigenvalue weighted by atomic mass is 127. The SMILES string of the molecule is COc1cc2nc(CCn3c(=O)n4n(c3=O)[C@@H]3CC5=C(C(=O)C(I)=CC5=O)[C@@H](C=Cc5cc(OC)c(O)c(OC)c5)C3=CC4)c(=O)n(C)c2cc1OC. The van der Waals surface area contributed by atoms with Crippen molar-refractivity contribution in [3.63, 3.8) is 0 Å². The minimum atomic E-state index is -0.752. The number of benzene rings is 2. The first-order valence-electron chi connectivity index (χ1n) is 16.5. The number of ether oxygens (including phenoxy) is 4. The number of aromatic hydroxyl groups is 1. The van der Waals surface area contributed by atoms with Crippen molar-refractivity contribution in [3.05, 3.63) is 105 Å². The van der Waals surface area contributed by atoms with Gasteiger partial charge in [-0.15, -0.1) is 0 Å². The first kappa shape index (κ1) is 35.7. The van der Waals surface area contributed by atoms with Crippen LogP contribution in [0.15, 0.2) is 77.2 Å². The Morgan fingerprint density at radius 1 is 0.925 bits per heavy atom. The van der Waals surface area contributed by atoms with E-state index in [-0.39, 0.29) is 75.2 Å². The van der Waals surface area contributed by atoms with Crippen molar-refractivity contribution in [2.24, 2.45) is 13.0 Å². The van der Waals surface area contributed by atoms with E-state index in [1.54, 1.807) is 43.5 Å². The van der Waals surface area contributed by atoms with Crippen molar-refractivity contribution in [2.75, 3.05) is 28.4 Å².